The zero-order valence-corrected chi connectivity index (χ0v) is 10.9. The number of hydrogen-bond acceptors (Lipinski definition) is 3. The van der Waals surface area contributed by atoms with Gasteiger partial charge >= 0.3 is 0 Å². The fraction of sp³-hybridized carbons (Fsp3) is 0.467. The number of aromatic hydroxyl groups is 1. The highest BCUT2D eigenvalue weighted by Crippen LogP contribution is 2.29. The molecule has 0 unspecified atom stereocenters. The summed E-state index contributed by atoms with van der Waals surface area (Å²) in [5.41, 5.74) is 0.244. The van der Waals surface area contributed by atoms with Gasteiger partial charge in [-0.25, -0.2) is 0 Å². The van der Waals surface area contributed by atoms with Crippen molar-refractivity contribution in [3.8, 4) is 5.75 Å². The Morgan fingerprint density at radius 1 is 1.26 bits per heavy atom. The first kappa shape index (κ1) is 13.6. The molecule has 2 rings (SSSR count). The number of Topliss-reactive ketones (excluding diaryl/α,β-unsaturated/α-hetero) is 1. The number of benzene rings is 1. The summed E-state index contributed by atoms with van der Waals surface area (Å²) < 4.78 is 0. The third-order valence-corrected chi connectivity index (χ3v) is 3.58. The molecule has 0 saturated heterocycles. The summed E-state index contributed by atoms with van der Waals surface area (Å²) in [4.78, 5) is 23.4. The van der Waals surface area contributed by atoms with Crippen molar-refractivity contribution in [2.75, 3.05) is 6.54 Å². The van der Waals surface area contributed by atoms with Crippen LogP contribution in [0.5, 0.6) is 5.75 Å². The van der Waals surface area contributed by atoms with Gasteiger partial charge in [-0.3, -0.25) is 9.59 Å². The average molecular weight is 261 g/mol. The highest BCUT2D eigenvalue weighted by molar-refractivity contribution is 5.96. The molecule has 0 radical (unpaired) electrons. The molecule has 1 saturated carbocycles. The number of rotatable bonds is 6. The first-order chi connectivity index (χ1) is 9.16. The van der Waals surface area contributed by atoms with Crippen molar-refractivity contribution in [3.05, 3.63) is 29.8 Å². The van der Waals surface area contributed by atoms with E-state index in [4.69, 9.17) is 0 Å². The van der Waals surface area contributed by atoms with E-state index in [1.807, 2.05) is 0 Å². The van der Waals surface area contributed by atoms with Crippen LogP contribution in [0.15, 0.2) is 24.3 Å². The van der Waals surface area contributed by atoms with E-state index in [0.717, 1.165) is 12.8 Å². The molecule has 0 aliphatic heterocycles. The SMILES string of the molecule is O=C(CCNC(=O)c1ccccc1O)CC1CCC1. The Kier molecular flexibility index (Phi) is 4.55. The second kappa shape index (κ2) is 6.36. The fourth-order valence-corrected chi connectivity index (χ4v) is 2.20. The molecule has 1 aliphatic rings. The van der Waals surface area contributed by atoms with Crippen molar-refractivity contribution in [1.82, 2.24) is 5.32 Å². The number of carbonyl (C=O) groups is 2. The number of amides is 1. The van der Waals surface area contributed by atoms with E-state index >= 15 is 0 Å². The number of carbonyl (C=O) groups excluding carboxylic acids is 2. The van der Waals surface area contributed by atoms with E-state index in [1.54, 1.807) is 18.2 Å². The molecule has 102 valence electrons. The van der Waals surface area contributed by atoms with E-state index in [9.17, 15) is 14.7 Å². The predicted octanol–water partition coefficient (Wildman–Crippen LogP) is 2.27. The largest absolute Gasteiger partial charge is 0.507 e. The molecule has 1 amide bonds. The zero-order valence-electron chi connectivity index (χ0n) is 10.9. The van der Waals surface area contributed by atoms with Crippen molar-refractivity contribution < 1.29 is 14.7 Å². The zero-order chi connectivity index (χ0) is 13.7. The molecule has 1 fully saturated rings. The van der Waals surface area contributed by atoms with Gasteiger partial charge in [0.15, 0.2) is 0 Å². The van der Waals surface area contributed by atoms with Gasteiger partial charge in [-0.15, -0.1) is 0 Å². The molecular weight excluding hydrogens is 242 g/mol. The van der Waals surface area contributed by atoms with Gasteiger partial charge < -0.3 is 10.4 Å². The van der Waals surface area contributed by atoms with Crippen molar-refractivity contribution in [3.63, 3.8) is 0 Å². The van der Waals surface area contributed by atoms with Gasteiger partial charge in [0, 0.05) is 19.4 Å². The van der Waals surface area contributed by atoms with Gasteiger partial charge in [0.1, 0.15) is 11.5 Å². The van der Waals surface area contributed by atoms with Crippen LogP contribution in [0.2, 0.25) is 0 Å². The van der Waals surface area contributed by atoms with Crippen LogP contribution in [0.3, 0.4) is 0 Å². The second-order valence-electron chi connectivity index (χ2n) is 5.06. The molecule has 4 heteroatoms. The van der Waals surface area contributed by atoms with E-state index in [0.29, 0.717) is 25.3 Å². The maximum Gasteiger partial charge on any atom is 0.255 e. The minimum absolute atomic E-state index is 0.0409. The molecule has 1 aliphatic carbocycles. The Morgan fingerprint density at radius 2 is 2.00 bits per heavy atom. The number of hydrogen-bond donors (Lipinski definition) is 2. The van der Waals surface area contributed by atoms with Crippen molar-refractivity contribution in [2.45, 2.75) is 32.1 Å². The monoisotopic (exact) mass is 261 g/mol. The summed E-state index contributed by atoms with van der Waals surface area (Å²) in [5.74, 6) is 0.402. The number of nitrogens with one attached hydrogen (secondary N) is 1. The van der Waals surface area contributed by atoms with Crippen LogP contribution in [-0.2, 0) is 4.79 Å². The standard InChI is InChI=1S/C15H19NO3/c17-12(10-11-4-3-5-11)8-9-16-15(19)13-6-1-2-7-14(13)18/h1-2,6-7,11,18H,3-5,8-10H2,(H,16,19). The summed E-state index contributed by atoms with van der Waals surface area (Å²) in [6.07, 6.45) is 4.58. The lowest BCUT2D eigenvalue weighted by atomic mass is 9.81. The van der Waals surface area contributed by atoms with E-state index in [1.165, 1.54) is 12.5 Å². The molecule has 0 bridgehead atoms. The van der Waals surface area contributed by atoms with Crippen molar-refractivity contribution in [2.24, 2.45) is 5.92 Å². The van der Waals surface area contributed by atoms with E-state index in [-0.39, 0.29) is 23.0 Å². The quantitative estimate of drug-likeness (QED) is 0.825. The second-order valence-corrected chi connectivity index (χ2v) is 5.06. The molecule has 1 aromatic carbocycles. The Balaban J connectivity index is 1.71. The maximum atomic E-state index is 11.8. The van der Waals surface area contributed by atoms with Crippen LogP contribution in [0.1, 0.15) is 42.5 Å². The topological polar surface area (TPSA) is 66.4 Å². The van der Waals surface area contributed by atoms with Gasteiger partial charge in [-0.05, 0) is 18.1 Å². The Bertz CT molecular complexity index is 466. The van der Waals surface area contributed by atoms with Crippen LogP contribution in [-0.4, -0.2) is 23.3 Å². The van der Waals surface area contributed by atoms with Crippen molar-refractivity contribution in [1.29, 1.82) is 0 Å². The number of para-hydroxylation sites is 1. The van der Waals surface area contributed by atoms with E-state index < -0.39 is 0 Å². The minimum Gasteiger partial charge on any atom is -0.507 e. The van der Waals surface area contributed by atoms with Crippen LogP contribution >= 0.6 is 0 Å². The summed E-state index contributed by atoms with van der Waals surface area (Å²) in [5, 5.41) is 12.2. The van der Waals surface area contributed by atoms with Crippen molar-refractivity contribution >= 4 is 11.7 Å². The molecule has 2 N–H and O–H groups in total. The number of ketones is 1. The molecular formula is C15H19NO3. The molecule has 0 heterocycles. The van der Waals surface area contributed by atoms with Crippen LogP contribution in [0.25, 0.3) is 0 Å². The summed E-state index contributed by atoms with van der Waals surface area (Å²) in [6, 6.07) is 6.38. The van der Waals surface area contributed by atoms with Crippen LogP contribution in [0, 0.1) is 5.92 Å². The summed E-state index contributed by atoms with van der Waals surface area (Å²) in [6.45, 7) is 0.332. The first-order valence-corrected chi connectivity index (χ1v) is 6.74. The van der Waals surface area contributed by atoms with Gasteiger partial charge in [-0.1, -0.05) is 31.4 Å². The minimum atomic E-state index is -0.338. The average Bonchev–Trinajstić information content (AvgIpc) is 2.34. The Morgan fingerprint density at radius 3 is 2.63 bits per heavy atom. The Labute approximate surface area is 112 Å². The summed E-state index contributed by atoms with van der Waals surface area (Å²) >= 11 is 0. The Hall–Kier alpha value is -1.84. The number of phenolic OH excluding ortho intramolecular Hbond substituents is 1. The van der Waals surface area contributed by atoms with Crippen LogP contribution < -0.4 is 5.32 Å². The lowest BCUT2D eigenvalue weighted by Gasteiger charge is -2.24. The molecule has 19 heavy (non-hydrogen) atoms. The molecule has 0 aromatic heterocycles. The van der Waals surface area contributed by atoms with Gasteiger partial charge in [0.05, 0.1) is 5.56 Å². The van der Waals surface area contributed by atoms with Gasteiger partial charge in [-0.2, -0.15) is 0 Å². The number of phenols is 1. The summed E-state index contributed by atoms with van der Waals surface area (Å²) in [7, 11) is 0. The molecule has 0 atom stereocenters. The molecule has 0 spiro atoms. The van der Waals surface area contributed by atoms with Gasteiger partial charge in [0.2, 0.25) is 0 Å². The van der Waals surface area contributed by atoms with E-state index in [2.05, 4.69) is 5.32 Å². The van der Waals surface area contributed by atoms with Gasteiger partial charge in [0.25, 0.3) is 5.91 Å². The third-order valence-electron chi connectivity index (χ3n) is 3.58. The normalized spacial score (nSPS) is 14.7. The molecule has 4 nitrogen and oxygen atoms in total. The highest BCUT2D eigenvalue weighted by Gasteiger charge is 2.20. The molecule has 1 aromatic rings. The third kappa shape index (κ3) is 3.81. The van der Waals surface area contributed by atoms with Crippen LogP contribution in [0.4, 0.5) is 0 Å². The maximum absolute atomic E-state index is 11.8. The highest BCUT2D eigenvalue weighted by atomic mass is 16.3. The smallest absolute Gasteiger partial charge is 0.255 e. The first-order valence-electron chi connectivity index (χ1n) is 6.74. The fourth-order valence-electron chi connectivity index (χ4n) is 2.20. The lowest BCUT2D eigenvalue weighted by molar-refractivity contribution is -0.120. The predicted molar refractivity (Wildman–Crippen MR) is 72.0 cm³/mol. The lowest BCUT2D eigenvalue weighted by Crippen LogP contribution is -2.27.